The van der Waals surface area contributed by atoms with Gasteiger partial charge in [-0.1, -0.05) is 12.1 Å². The molecule has 0 fully saturated rings. The van der Waals surface area contributed by atoms with Crippen LogP contribution in [0.5, 0.6) is 0 Å². The minimum atomic E-state index is -0.184. The van der Waals surface area contributed by atoms with Gasteiger partial charge in [-0.3, -0.25) is 4.68 Å². The van der Waals surface area contributed by atoms with Gasteiger partial charge in [-0.2, -0.15) is 5.10 Å². The van der Waals surface area contributed by atoms with E-state index >= 15 is 0 Å². The molecular formula is C13H17FN4. The second kappa shape index (κ2) is 5.27. The molecule has 96 valence electrons. The van der Waals surface area contributed by atoms with Crippen molar-refractivity contribution in [3.8, 4) is 0 Å². The third kappa shape index (κ3) is 2.56. The van der Waals surface area contributed by atoms with E-state index in [1.165, 1.54) is 6.33 Å². The average Bonchev–Trinajstić information content (AvgIpc) is 2.73. The van der Waals surface area contributed by atoms with E-state index in [0.29, 0.717) is 12.0 Å². The Kier molecular flexibility index (Phi) is 3.72. The van der Waals surface area contributed by atoms with E-state index in [2.05, 4.69) is 15.4 Å². The summed E-state index contributed by atoms with van der Waals surface area (Å²) in [6, 6.07) is 5.19. The van der Waals surface area contributed by atoms with Crippen molar-refractivity contribution in [2.75, 3.05) is 7.05 Å². The van der Waals surface area contributed by atoms with Crippen LogP contribution in [0.3, 0.4) is 0 Å². The molecule has 0 aliphatic heterocycles. The Bertz CT molecular complexity index is 536. The van der Waals surface area contributed by atoms with Crippen molar-refractivity contribution in [1.82, 2.24) is 20.1 Å². The first-order valence-corrected chi connectivity index (χ1v) is 5.88. The van der Waals surface area contributed by atoms with Crippen molar-refractivity contribution >= 4 is 0 Å². The number of hydrogen-bond donors (Lipinski definition) is 1. The highest BCUT2D eigenvalue weighted by Crippen LogP contribution is 2.21. The van der Waals surface area contributed by atoms with E-state index in [-0.39, 0.29) is 11.9 Å². The molecule has 0 saturated heterocycles. The number of halogens is 1. The molecule has 1 unspecified atom stereocenters. The first kappa shape index (κ1) is 12.7. The van der Waals surface area contributed by atoms with Gasteiger partial charge >= 0.3 is 0 Å². The number of aryl methyl sites for hydroxylation is 2. The summed E-state index contributed by atoms with van der Waals surface area (Å²) in [6.45, 7) is 1.88. The van der Waals surface area contributed by atoms with Gasteiger partial charge in [-0.05, 0) is 25.6 Å². The maximum absolute atomic E-state index is 13.9. The number of nitrogens with zero attached hydrogens (tertiary/aromatic N) is 3. The highest BCUT2D eigenvalue weighted by Gasteiger charge is 2.16. The third-order valence-electron chi connectivity index (χ3n) is 3.07. The van der Waals surface area contributed by atoms with Crippen molar-refractivity contribution < 1.29 is 4.39 Å². The lowest BCUT2D eigenvalue weighted by Gasteiger charge is -2.17. The summed E-state index contributed by atoms with van der Waals surface area (Å²) in [7, 11) is 3.65. The van der Waals surface area contributed by atoms with E-state index < -0.39 is 0 Å². The van der Waals surface area contributed by atoms with Crippen LogP contribution >= 0.6 is 0 Å². The largest absolute Gasteiger partial charge is 0.313 e. The molecule has 0 amide bonds. The smallest absolute Gasteiger partial charge is 0.138 e. The SMILES string of the molecule is CNC(Cc1ncnn1C)c1ccc(C)cc1F. The van der Waals surface area contributed by atoms with Gasteiger partial charge in [-0.25, -0.2) is 9.37 Å². The maximum atomic E-state index is 13.9. The van der Waals surface area contributed by atoms with Gasteiger partial charge in [0.2, 0.25) is 0 Å². The minimum Gasteiger partial charge on any atom is -0.313 e. The van der Waals surface area contributed by atoms with E-state index in [1.54, 1.807) is 10.7 Å². The molecule has 1 heterocycles. The molecule has 5 heteroatoms. The lowest BCUT2D eigenvalue weighted by atomic mass is 10.0. The van der Waals surface area contributed by atoms with Gasteiger partial charge in [0.1, 0.15) is 18.0 Å². The van der Waals surface area contributed by atoms with Crippen molar-refractivity contribution in [1.29, 1.82) is 0 Å². The van der Waals surface area contributed by atoms with E-state index in [1.807, 2.05) is 33.2 Å². The van der Waals surface area contributed by atoms with Crippen molar-refractivity contribution in [2.24, 2.45) is 7.05 Å². The van der Waals surface area contributed by atoms with E-state index in [4.69, 9.17) is 0 Å². The summed E-state index contributed by atoms with van der Waals surface area (Å²) < 4.78 is 15.6. The molecule has 0 radical (unpaired) electrons. The van der Waals surface area contributed by atoms with Crippen LogP contribution < -0.4 is 5.32 Å². The van der Waals surface area contributed by atoms with Crippen LogP contribution in [0, 0.1) is 12.7 Å². The zero-order valence-electron chi connectivity index (χ0n) is 10.8. The highest BCUT2D eigenvalue weighted by atomic mass is 19.1. The van der Waals surface area contributed by atoms with E-state index in [9.17, 15) is 4.39 Å². The Hall–Kier alpha value is -1.75. The van der Waals surface area contributed by atoms with Gasteiger partial charge in [0.05, 0.1) is 0 Å². The fourth-order valence-electron chi connectivity index (χ4n) is 1.97. The molecule has 1 aromatic heterocycles. The predicted octanol–water partition coefficient (Wildman–Crippen LogP) is 1.77. The molecule has 2 rings (SSSR count). The molecule has 1 atom stereocenters. The zero-order chi connectivity index (χ0) is 13.1. The number of likely N-dealkylation sites (N-methyl/N-ethyl adjacent to an activating group) is 1. The van der Waals surface area contributed by atoms with Crippen LogP contribution in [0.25, 0.3) is 0 Å². The lowest BCUT2D eigenvalue weighted by Crippen LogP contribution is -2.21. The van der Waals surface area contributed by atoms with Gasteiger partial charge in [0.15, 0.2) is 0 Å². The van der Waals surface area contributed by atoms with E-state index in [0.717, 1.165) is 11.4 Å². The van der Waals surface area contributed by atoms with Gasteiger partial charge in [0.25, 0.3) is 0 Å². The number of hydrogen-bond acceptors (Lipinski definition) is 3. The summed E-state index contributed by atoms with van der Waals surface area (Å²) in [5.74, 6) is 0.644. The molecule has 18 heavy (non-hydrogen) atoms. The number of benzene rings is 1. The molecule has 0 aliphatic rings. The molecule has 0 bridgehead atoms. The normalized spacial score (nSPS) is 12.7. The summed E-state index contributed by atoms with van der Waals surface area (Å²) in [6.07, 6.45) is 2.11. The van der Waals surface area contributed by atoms with Crippen LogP contribution in [0.2, 0.25) is 0 Å². The fourth-order valence-corrected chi connectivity index (χ4v) is 1.97. The molecule has 0 saturated carbocycles. The first-order valence-electron chi connectivity index (χ1n) is 5.88. The van der Waals surface area contributed by atoms with Gasteiger partial charge in [0, 0.05) is 25.1 Å². The zero-order valence-corrected chi connectivity index (χ0v) is 10.8. The number of nitrogens with one attached hydrogen (secondary N) is 1. The van der Waals surface area contributed by atoms with Crippen molar-refractivity contribution in [3.63, 3.8) is 0 Å². The standard InChI is InChI=1S/C13H17FN4/c1-9-4-5-10(11(14)6-9)12(15-2)7-13-16-8-17-18(13)3/h4-6,8,12,15H,7H2,1-3H3. The van der Waals surface area contributed by atoms with Crippen LogP contribution in [-0.4, -0.2) is 21.8 Å². The van der Waals surface area contributed by atoms with Gasteiger partial charge < -0.3 is 5.32 Å². The van der Waals surface area contributed by atoms with Crippen LogP contribution in [0.1, 0.15) is 23.0 Å². The second-order valence-electron chi connectivity index (χ2n) is 4.37. The Balaban J connectivity index is 2.26. The summed E-state index contributed by atoms with van der Waals surface area (Å²) in [4.78, 5) is 4.17. The molecule has 0 spiro atoms. The Morgan fingerprint density at radius 2 is 2.22 bits per heavy atom. The molecule has 2 aromatic rings. The molecule has 0 aliphatic carbocycles. The molecule has 1 N–H and O–H groups in total. The quantitative estimate of drug-likeness (QED) is 0.896. The maximum Gasteiger partial charge on any atom is 0.138 e. The predicted molar refractivity (Wildman–Crippen MR) is 67.6 cm³/mol. The molecular weight excluding hydrogens is 231 g/mol. The third-order valence-corrected chi connectivity index (χ3v) is 3.07. The highest BCUT2D eigenvalue weighted by molar-refractivity contribution is 5.26. The Morgan fingerprint density at radius 3 is 2.78 bits per heavy atom. The van der Waals surface area contributed by atoms with Crippen LogP contribution in [0.4, 0.5) is 4.39 Å². The van der Waals surface area contributed by atoms with Crippen molar-refractivity contribution in [2.45, 2.75) is 19.4 Å². The van der Waals surface area contributed by atoms with Crippen molar-refractivity contribution in [3.05, 3.63) is 47.3 Å². The summed E-state index contributed by atoms with van der Waals surface area (Å²) >= 11 is 0. The lowest BCUT2D eigenvalue weighted by molar-refractivity contribution is 0.514. The van der Waals surface area contributed by atoms with Crippen LogP contribution in [0.15, 0.2) is 24.5 Å². The summed E-state index contributed by atoms with van der Waals surface area (Å²) in [5, 5.41) is 7.14. The van der Waals surface area contributed by atoms with Gasteiger partial charge in [-0.15, -0.1) is 0 Å². The molecule has 1 aromatic carbocycles. The number of aromatic nitrogens is 3. The topological polar surface area (TPSA) is 42.7 Å². The first-order chi connectivity index (χ1) is 8.61. The Morgan fingerprint density at radius 1 is 1.44 bits per heavy atom. The average molecular weight is 248 g/mol. The second-order valence-corrected chi connectivity index (χ2v) is 4.37. The minimum absolute atomic E-state index is 0.103. The molecule has 4 nitrogen and oxygen atoms in total. The van der Waals surface area contributed by atoms with Crippen LogP contribution in [-0.2, 0) is 13.5 Å². The number of rotatable bonds is 4. The fraction of sp³-hybridized carbons (Fsp3) is 0.385. The monoisotopic (exact) mass is 248 g/mol. The summed E-state index contributed by atoms with van der Waals surface area (Å²) in [5.41, 5.74) is 1.58. The Labute approximate surface area is 106 Å².